The standard InChI is InChI=1S/C20H23N7O5S/c21-11(6-7-33-10-4-2-1-3-5-10)18(29)26-12-14(28)19(32-15(12)20(30)31)27-9-25-13-16(22)23-8-24-17(13)27/h1-5,8-9,11-12,14-15,19,28H,6-7,21H2,(H,26,29)(H,30,31)(H2,22,23,24)/t11?,12-,14+,15-,19+/m0/s1. The van der Waals surface area contributed by atoms with E-state index in [1.807, 2.05) is 30.3 Å². The fourth-order valence-electron chi connectivity index (χ4n) is 3.55. The number of hydrogen-bond acceptors (Lipinski definition) is 10. The van der Waals surface area contributed by atoms with Crippen molar-refractivity contribution in [1.29, 1.82) is 0 Å². The first-order valence-electron chi connectivity index (χ1n) is 10.1. The number of carboxylic acid groups (broad SMARTS) is 1. The number of carboxylic acids is 1. The number of carbonyl (C=O) groups is 2. The lowest BCUT2D eigenvalue weighted by Crippen LogP contribution is -2.54. The van der Waals surface area contributed by atoms with E-state index >= 15 is 0 Å². The fourth-order valence-corrected chi connectivity index (χ4v) is 4.51. The van der Waals surface area contributed by atoms with Crippen molar-refractivity contribution in [2.75, 3.05) is 11.5 Å². The first-order valence-corrected chi connectivity index (χ1v) is 11.1. The van der Waals surface area contributed by atoms with Gasteiger partial charge in [-0.25, -0.2) is 19.7 Å². The summed E-state index contributed by atoms with van der Waals surface area (Å²) in [5.74, 6) is -1.20. The molecule has 0 bridgehead atoms. The lowest BCUT2D eigenvalue weighted by molar-refractivity contribution is -0.152. The number of nitrogen functional groups attached to an aromatic ring is 1. The Kier molecular flexibility index (Phi) is 6.74. The van der Waals surface area contributed by atoms with Crippen molar-refractivity contribution < 1.29 is 24.5 Å². The second-order valence-corrected chi connectivity index (χ2v) is 8.62. The van der Waals surface area contributed by atoms with Gasteiger partial charge in [0.25, 0.3) is 0 Å². The topological polar surface area (TPSA) is 192 Å². The van der Waals surface area contributed by atoms with Crippen LogP contribution in [0.1, 0.15) is 12.6 Å². The van der Waals surface area contributed by atoms with Gasteiger partial charge in [0.2, 0.25) is 5.91 Å². The summed E-state index contributed by atoms with van der Waals surface area (Å²) in [6.45, 7) is 0. The lowest BCUT2D eigenvalue weighted by atomic mass is 10.1. The van der Waals surface area contributed by atoms with Gasteiger partial charge in [-0.2, -0.15) is 0 Å². The third-order valence-electron chi connectivity index (χ3n) is 5.26. The number of aromatic nitrogens is 4. The molecular formula is C20H23N7O5S. The number of carbonyl (C=O) groups excluding carboxylic acids is 1. The van der Waals surface area contributed by atoms with Crippen molar-refractivity contribution in [3.63, 3.8) is 0 Å². The van der Waals surface area contributed by atoms with Crippen LogP contribution in [0.5, 0.6) is 0 Å². The van der Waals surface area contributed by atoms with E-state index in [9.17, 15) is 19.8 Å². The van der Waals surface area contributed by atoms with Crippen LogP contribution in [0.15, 0.2) is 47.9 Å². The third kappa shape index (κ3) is 4.75. The van der Waals surface area contributed by atoms with Gasteiger partial charge in [-0.15, -0.1) is 11.8 Å². The maximum absolute atomic E-state index is 12.6. The van der Waals surface area contributed by atoms with Gasteiger partial charge in [0.15, 0.2) is 23.8 Å². The lowest BCUT2D eigenvalue weighted by Gasteiger charge is -2.22. The molecule has 3 heterocycles. The van der Waals surface area contributed by atoms with E-state index in [0.29, 0.717) is 12.2 Å². The molecule has 174 valence electrons. The number of aliphatic hydroxyl groups is 1. The highest BCUT2D eigenvalue weighted by molar-refractivity contribution is 7.99. The van der Waals surface area contributed by atoms with Crippen LogP contribution in [0.2, 0.25) is 0 Å². The number of nitrogens with zero attached hydrogens (tertiary/aromatic N) is 4. The normalized spacial score (nSPS) is 23.5. The maximum Gasteiger partial charge on any atom is 0.335 e. The van der Waals surface area contributed by atoms with E-state index < -0.39 is 42.4 Å². The molecule has 0 radical (unpaired) electrons. The first kappa shape index (κ1) is 22.9. The van der Waals surface area contributed by atoms with E-state index in [1.165, 1.54) is 17.2 Å². The van der Waals surface area contributed by atoms with Crippen molar-refractivity contribution >= 4 is 40.6 Å². The summed E-state index contributed by atoms with van der Waals surface area (Å²) in [7, 11) is 0. The minimum atomic E-state index is -1.50. The van der Waals surface area contributed by atoms with E-state index in [0.717, 1.165) is 4.90 Å². The van der Waals surface area contributed by atoms with Gasteiger partial charge in [0.1, 0.15) is 17.9 Å². The molecule has 5 atom stereocenters. The first-order chi connectivity index (χ1) is 15.9. The van der Waals surface area contributed by atoms with E-state index in [2.05, 4.69) is 20.3 Å². The summed E-state index contributed by atoms with van der Waals surface area (Å²) in [4.78, 5) is 37.5. The van der Waals surface area contributed by atoms with Gasteiger partial charge in [-0.05, 0) is 24.3 Å². The molecule has 1 aliphatic rings. The molecule has 33 heavy (non-hydrogen) atoms. The van der Waals surface area contributed by atoms with Crippen molar-refractivity contribution in [3.05, 3.63) is 43.0 Å². The molecule has 3 aromatic rings. The van der Waals surface area contributed by atoms with Gasteiger partial charge in [-0.3, -0.25) is 9.36 Å². The number of rotatable bonds is 8. The molecular weight excluding hydrogens is 450 g/mol. The number of anilines is 1. The number of hydrogen-bond donors (Lipinski definition) is 5. The minimum Gasteiger partial charge on any atom is -0.479 e. The Morgan fingerprint density at radius 3 is 2.73 bits per heavy atom. The summed E-state index contributed by atoms with van der Waals surface area (Å²) in [6, 6.07) is 7.55. The Labute approximate surface area is 192 Å². The average Bonchev–Trinajstić information content (AvgIpc) is 3.37. The van der Waals surface area contributed by atoms with Crippen LogP contribution in [-0.4, -0.2) is 71.7 Å². The Bertz CT molecular complexity index is 1140. The predicted molar refractivity (Wildman–Crippen MR) is 119 cm³/mol. The molecule has 1 amide bonds. The van der Waals surface area contributed by atoms with E-state index in [4.69, 9.17) is 16.2 Å². The molecule has 1 saturated heterocycles. The van der Waals surface area contributed by atoms with Crippen LogP contribution in [0.4, 0.5) is 5.82 Å². The second kappa shape index (κ2) is 9.70. The smallest absolute Gasteiger partial charge is 0.335 e. The summed E-state index contributed by atoms with van der Waals surface area (Å²) >= 11 is 1.56. The molecule has 12 nitrogen and oxygen atoms in total. The number of ether oxygens (including phenoxy) is 1. The fraction of sp³-hybridized carbons (Fsp3) is 0.350. The molecule has 1 aliphatic heterocycles. The number of fused-ring (bicyclic) bond motifs is 1. The molecule has 7 N–H and O–H groups in total. The zero-order valence-electron chi connectivity index (χ0n) is 17.3. The van der Waals surface area contributed by atoms with Crippen LogP contribution in [0, 0.1) is 0 Å². The molecule has 2 aromatic heterocycles. The minimum absolute atomic E-state index is 0.130. The molecule has 0 saturated carbocycles. The van der Waals surface area contributed by atoms with Crippen LogP contribution in [-0.2, 0) is 14.3 Å². The summed E-state index contributed by atoms with van der Waals surface area (Å²) in [5, 5.41) is 23.0. The van der Waals surface area contributed by atoms with E-state index in [1.54, 1.807) is 11.8 Å². The number of nitrogens with two attached hydrogens (primary N) is 2. The maximum atomic E-state index is 12.6. The summed E-state index contributed by atoms with van der Waals surface area (Å²) in [5.41, 5.74) is 12.3. The molecule has 1 aromatic carbocycles. The van der Waals surface area contributed by atoms with Crippen molar-refractivity contribution in [1.82, 2.24) is 24.8 Å². The highest BCUT2D eigenvalue weighted by Crippen LogP contribution is 2.32. The quantitative estimate of drug-likeness (QED) is 0.271. The molecule has 0 aliphatic carbocycles. The molecule has 0 spiro atoms. The van der Waals surface area contributed by atoms with Gasteiger partial charge in [-0.1, -0.05) is 18.2 Å². The van der Waals surface area contributed by atoms with Gasteiger partial charge in [0, 0.05) is 4.90 Å². The Balaban J connectivity index is 1.44. The van der Waals surface area contributed by atoms with Crippen LogP contribution in [0.25, 0.3) is 11.2 Å². The average molecular weight is 474 g/mol. The summed E-state index contributed by atoms with van der Waals surface area (Å²) < 4.78 is 6.93. The number of aliphatic hydroxyl groups excluding tert-OH is 1. The number of imidazole rings is 1. The second-order valence-electron chi connectivity index (χ2n) is 7.45. The van der Waals surface area contributed by atoms with Crippen LogP contribution in [0.3, 0.4) is 0 Å². The SMILES string of the molecule is Nc1ncnc2c1ncn2[C@@H]1O[C@H](C(=O)O)[C@@H](NC(=O)C(N)CCSc2ccccc2)[C@H]1O. The van der Waals surface area contributed by atoms with Gasteiger partial charge < -0.3 is 31.7 Å². The summed E-state index contributed by atoms with van der Waals surface area (Å²) in [6.07, 6.45) is -1.18. The van der Waals surface area contributed by atoms with Crippen molar-refractivity contribution in [2.24, 2.45) is 5.73 Å². The van der Waals surface area contributed by atoms with Crippen LogP contribution < -0.4 is 16.8 Å². The monoisotopic (exact) mass is 473 g/mol. The largest absolute Gasteiger partial charge is 0.479 e. The predicted octanol–water partition coefficient (Wildman–Crippen LogP) is -0.254. The van der Waals surface area contributed by atoms with Crippen molar-refractivity contribution in [2.45, 2.75) is 41.8 Å². The number of nitrogens with one attached hydrogen (secondary N) is 1. The number of amides is 1. The van der Waals surface area contributed by atoms with Gasteiger partial charge in [0.05, 0.1) is 18.4 Å². The third-order valence-corrected chi connectivity index (χ3v) is 6.31. The van der Waals surface area contributed by atoms with Gasteiger partial charge >= 0.3 is 5.97 Å². The molecule has 1 unspecified atom stereocenters. The Morgan fingerprint density at radius 2 is 2.00 bits per heavy atom. The van der Waals surface area contributed by atoms with Crippen LogP contribution >= 0.6 is 11.8 Å². The zero-order chi connectivity index (χ0) is 23.5. The molecule has 13 heteroatoms. The molecule has 4 rings (SSSR count). The number of benzene rings is 1. The Hall–Kier alpha value is -3.26. The highest BCUT2D eigenvalue weighted by atomic mass is 32.2. The molecule has 1 fully saturated rings. The van der Waals surface area contributed by atoms with Crippen molar-refractivity contribution in [3.8, 4) is 0 Å². The number of aliphatic carboxylic acids is 1. The highest BCUT2D eigenvalue weighted by Gasteiger charge is 2.49. The Morgan fingerprint density at radius 1 is 1.24 bits per heavy atom. The zero-order valence-corrected chi connectivity index (χ0v) is 18.1. The number of thioether (sulfide) groups is 1. The van der Waals surface area contributed by atoms with E-state index in [-0.39, 0.29) is 17.0 Å².